The van der Waals surface area contributed by atoms with Gasteiger partial charge in [-0.2, -0.15) is 0 Å². The highest BCUT2D eigenvalue weighted by atomic mass is 31.2. The summed E-state index contributed by atoms with van der Waals surface area (Å²) in [4.78, 5) is 23.0. The van der Waals surface area contributed by atoms with Gasteiger partial charge in [0.05, 0.1) is 39.9 Å². The fraction of sp³-hybridized carbons (Fsp3) is 0.674. The minimum Gasteiger partial charge on any atom is -0.387 e. The number of hydrogen-bond acceptors (Lipinski definition) is 5. The van der Waals surface area contributed by atoms with E-state index in [9.17, 15) is 19.4 Å². The number of aliphatic hydroxyl groups is 1. The van der Waals surface area contributed by atoms with Crippen LogP contribution in [0.4, 0.5) is 0 Å². The van der Waals surface area contributed by atoms with Crippen molar-refractivity contribution in [3.63, 3.8) is 0 Å². The molecule has 3 unspecified atom stereocenters. The van der Waals surface area contributed by atoms with E-state index < -0.39 is 20.0 Å². The first kappa shape index (κ1) is 52.7. The van der Waals surface area contributed by atoms with Crippen molar-refractivity contribution in [1.82, 2.24) is 5.32 Å². The zero-order chi connectivity index (χ0) is 40.7. The first-order valence-electron chi connectivity index (χ1n) is 21.5. The van der Waals surface area contributed by atoms with E-state index in [4.69, 9.17) is 9.05 Å². The predicted octanol–water partition coefficient (Wildman–Crippen LogP) is 11.8. The number of aliphatic hydroxyl groups excluding tert-OH is 1. The molecule has 0 aliphatic carbocycles. The van der Waals surface area contributed by atoms with E-state index in [1.54, 1.807) is 6.08 Å². The van der Waals surface area contributed by atoms with E-state index >= 15 is 0 Å². The van der Waals surface area contributed by atoms with Crippen molar-refractivity contribution in [2.45, 2.75) is 161 Å². The SMILES string of the molecule is CC/C=C\C/C=C\C/C=C\C/C=C\CCC(=O)NC(COP(=O)(O)OCC[N+](C)(C)C)C(O)/C=C/CC/C=C/CC/C=C/CCCCCCCCCCCC. The van der Waals surface area contributed by atoms with Crippen molar-refractivity contribution >= 4 is 13.7 Å². The molecule has 0 fully saturated rings. The van der Waals surface area contributed by atoms with Gasteiger partial charge in [0, 0.05) is 6.42 Å². The molecule has 3 N–H and O–H groups in total. The number of unbranched alkanes of at least 4 members (excludes halogenated alkanes) is 12. The third kappa shape index (κ3) is 39.7. The quantitative estimate of drug-likeness (QED) is 0.0251. The summed E-state index contributed by atoms with van der Waals surface area (Å²) in [7, 11) is 1.49. The average molecular weight is 790 g/mol. The normalized spacial score (nSPS) is 15.3. The molecule has 0 aromatic carbocycles. The van der Waals surface area contributed by atoms with Crippen LogP contribution in [-0.4, -0.2) is 73.4 Å². The molecule has 0 aromatic rings. The third-order valence-electron chi connectivity index (χ3n) is 8.84. The molecule has 316 valence electrons. The van der Waals surface area contributed by atoms with Crippen LogP contribution in [0.5, 0.6) is 0 Å². The highest BCUT2D eigenvalue weighted by Crippen LogP contribution is 2.43. The van der Waals surface area contributed by atoms with Crippen molar-refractivity contribution in [2.75, 3.05) is 40.9 Å². The number of rotatable bonds is 37. The number of amides is 1. The molecule has 0 heterocycles. The standard InChI is InChI=1S/C46H81N2O6P/c1-6-8-10-12-14-16-18-20-21-22-23-24-25-26-28-29-31-33-35-37-39-45(49)44(43-54-55(51,52)53-42-41-48(3,4)5)47-46(50)40-38-36-34-32-30-27-19-17-15-13-11-9-7-2/h9,11,15,17,24-25,27,29-31,34,36-37,39,44-45,49H,6-8,10,12-14,16,18-23,26,28,32-33,35,38,40-43H2,1-5H3,(H-,47,50,51,52)/p+1/b11-9-,17-15-,25-24+,30-27-,31-29+,36-34-,39-37+. The second-order valence-electron chi connectivity index (χ2n) is 15.3. The lowest BCUT2D eigenvalue weighted by molar-refractivity contribution is -0.870. The van der Waals surface area contributed by atoms with E-state index in [2.05, 4.69) is 79.9 Å². The van der Waals surface area contributed by atoms with Gasteiger partial charge in [-0.15, -0.1) is 0 Å². The van der Waals surface area contributed by atoms with Crippen LogP contribution in [0, 0.1) is 0 Å². The monoisotopic (exact) mass is 790 g/mol. The molecule has 0 aliphatic rings. The minimum absolute atomic E-state index is 0.0365. The number of phosphoric acid groups is 1. The number of allylic oxidation sites excluding steroid dienone is 13. The Morgan fingerprint density at radius 1 is 0.636 bits per heavy atom. The van der Waals surface area contributed by atoms with Gasteiger partial charge in [0.1, 0.15) is 13.2 Å². The van der Waals surface area contributed by atoms with Crippen LogP contribution in [-0.2, 0) is 18.4 Å². The summed E-state index contributed by atoms with van der Waals surface area (Å²) in [5.41, 5.74) is 0. The Morgan fingerprint density at radius 3 is 1.65 bits per heavy atom. The van der Waals surface area contributed by atoms with Gasteiger partial charge in [-0.25, -0.2) is 4.57 Å². The first-order valence-corrected chi connectivity index (χ1v) is 23.0. The summed E-state index contributed by atoms with van der Waals surface area (Å²) in [6.45, 7) is 4.58. The van der Waals surface area contributed by atoms with Crippen molar-refractivity contribution in [1.29, 1.82) is 0 Å². The van der Waals surface area contributed by atoms with E-state index in [-0.39, 0.29) is 25.5 Å². The van der Waals surface area contributed by atoms with Crippen LogP contribution >= 0.6 is 7.82 Å². The molecule has 55 heavy (non-hydrogen) atoms. The van der Waals surface area contributed by atoms with Gasteiger partial charge >= 0.3 is 7.82 Å². The van der Waals surface area contributed by atoms with Gasteiger partial charge in [0.2, 0.25) is 5.91 Å². The molecule has 3 atom stereocenters. The van der Waals surface area contributed by atoms with Crippen LogP contribution in [0.15, 0.2) is 85.1 Å². The summed E-state index contributed by atoms with van der Waals surface area (Å²) < 4.78 is 23.4. The molecule has 8 nitrogen and oxygen atoms in total. The number of carbonyl (C=O) groups is 1. The van der Waals surface area contributed by atoms with Crippen LogP contribution < -0.4 is 5.32 Å². The summed E-state index contributed by atoms with van der Waals surface area (Å²) in [5, 5.41) is 13.7. The Labute approximate surface area is 337 Å². The Kier molecular flexibility index (Phi) is 35.7. The van der Waals surface area contributed by atoms with Gasteiger partial charge < -0.3 is 19.8 Å². The number of nitrogens with zero attached hydrogens (tertiary/aromatic N) is 1. The van der Waals surface area contributed by atoms with E-state index in [1.165, 1.54) is 70.6 Å². The summed E-state index contributed by atoms with van der Waals surface area (Å²) in [6, 6.07) is -0.911. The van der Waals surface area contributed by atoms with E-state index in [1.807, 2.05) is 39.4 Å². The second-order valence-corrected chi connectivity index (χ2v) is 16.8. The lowest BCUT2D eigenvalue weighted by Gasteiger charge is -2.25. The third-order valence-corrected chi connectivity index (χ3v) is 9.82. The molecule has 0 aliphatic heterocycles. The molecule has 0 bridgehead atoms. The van der Waals surface area contributed by atoms with Gasteiger partial charge in [-0.3, -0.25) is 13.8 Å². The van der Waals surface area contributed by atoms with Crippen molar-refractivity contribution in [2.24, 2.45) is 0 Å². The van der Waals surface area contributed by atoms with Crippen molar-refractivity contribution in [3.8, 4) is 0 Å². The molecular weight excluding hydrogens is 707 g/mol. The molecule has 0 rings (SSSR count). The van der Waals surface area contributed by atoms with Gasteiger partial charge in [-0.05, 0) is 70.6 Å². The van der Waals surface area contributed by atoms with Gasteiger partial charge in [0.25, 0.3) is 0 Å². The molecule has 0 spiro atoms. The Hall–Kier alpha value is -2.32. The summed E-state index contributed by atoms with van der Waals surface area (Å²) in [5.74, 6) is -0.275. The van der Waals surface area contributed by atoms with Crippen molar-refractivity contribution < 1.29 is 32.9 Å². The predicted molar refractivity (Wildman–Crippen MR) is 235 cm³/mol. The average Bonchev–Trinajstić information content (AvgIpc) is 3.13. The number of phosphoric ester groups is 1. The largest absolute Gasteiger partial charge is 0.472 e. The maximum atomic E-state index is 12.8. The highest BCUT2D eigenvalue weighted by Gasteiger charge is 2.27. The number of likely N-dealkylation sites (N-methyl/N-ethyl adjacent to an activating group) is 1. The second kappa shape index (κ2) is 37.3. The maximum Gasteiger partial charge on any atom is 0.472 e. The van der Waals surface area contributed by atoms with Crippen LogP contribution in [0.3, 0.4) is 0 Å². The number of nitrogens with one attached hydrogen (secondary N) is 1. The molecule has 0 saturated heterocycles. The molecule has 1 amide bonds. The molecule has 0 saturated carbocycles. The Balaban J connectivity index is 4.62. The maximum absolute atomic E-state index is 12.8. The molecule has 9 heteroatoms. The lowest BCUT2D eigenvalue weighted by Crippen LogP contribution is -2.45. The number of hydrogen-bond donors (Lipinski definition) is 3. The first-order chi connectivity index (χ1) is 26.5. The van der Waals surface area contributed by atoms with Crippen molar-refractivity contribution in [3.05, 3.63) is 85.1 Å². The fourth-order valence-electron chi connectivity index (χ4n) is 5.43. The summed E-state index contributed by atoms with van der Waals surface area (Å²) >= 11 is 0. The molecular formula is C46H82N2O6P+. The van der Waals surface area contributed by atoms with Crippen LogP contribution in [0.1, 0.15) is 149 Å². The van der Waals surface area contributed by atoms with Crippen LogP contribution in [0.25, 0.3) is 0 Å². The topological polar surface area (TPSA) is 105 Å². The zero-order valence-corrected chi connectivity index (χ0v) is 36.5. The Bertz CT molecular complexity index is 1170. The molecule has 0 radical (unpaired) electrons. The van der Waals surface area contributed by atoms with Gasteiger partial charge in [-0.1, -0.05) is 157 Å². The fourth-order valence-corrected chi connectivity index (χ4v) is 6.17. The van der Waals surface area contributed by atoms with Gasteiger partial charge in [0.15, 0.2) is 0 Å². The summed E-state index contributed by atoms with van der Waals surface area (Å²) in [6.07, 6.45) is 51.1. The zero-order valence-electron chi connectivity index (χ0n) is 35.6. The number of quaternary nitrogens is 1. The van der Waals surface area contributed by atoms with E-state index in [0.29, 0.717) is 17.4 Å². The van der Waals surface area contributed by atoms with E-state index in [0.717, 1.165) is 51.4 Å². The number of carbonyl (C=O) groups excluding carboxylic acids is 1. The Morgan fingerprint density at radius 2 is 1.11 bits per heavy atom. The minimum atomic E-state index is -4.37. The smallest absolute Gasteiger partial charge is 0.387 e. The van der Waals surface area contributed by atoms with Crippen LogP contribution in [0.2, 0.25) is 0 Å². The highest BCUT2D eigenvalue weighted by molar-refractivity contribution is 7.47. The lowest BCUT2D eigenvalue weighted by atomic mass is 10.1. The molecule has 0 aromatic heterocycles.